The Kier molecular flexibility index (Phi) is 8.45. The fourth-order valence-electron chi connectivity index (χ4n) is 4.04. The summed E-state index contributed by atoms with van der Waals surface area (Å²) >= 11 is 17.4. The second-order valence-electron chi connectivity index (χ2n) is 9.88. The number of hydrogen-bond acceptors (Lipinski definition) is 6. The number of benzene rings is 1. The smallest absolute Gasteiger partial charge is 0.254 e. The van der Waals surface area contributed by atoms with E-state index in [1.54, 1.807) is 18.7 Å². The first-order chi connectivity index (χ1) is 15.2. The maximum absolute atomic E-state index is 13.0. The molecule has 33 heavy (non-hydrogen) atoms. The highest BCUT2D eigenvalue weighted by atomic mass is 35.5. The minimum absolute atomic E-state index is 0.0572. The molecule has 1 aromatic carbocycles. The van der Waals surface area contributed by atoms with Crippen LogP contribution in [0.1, 0.15) is 59.1 Å². The molecule has 2 N–H and O–H groups in total. The van der Waals surface area contributed by atoms with Gasteiger partial charge in [-0.3, -0.25) is 4.79 Å². The summed E-state index contributed by atoms with van der Waals surface area (Å²) in [5.74, 6) is -1.04. The molecule has 2 saturated heterocycles. The number of piperidine rings is 1. The molecule has 2 fully saturated rings. The first-order valence-corrected chi connectivity index (χ1v) is 13.1. The number of nitrogens with zero attached hydrogens (tertiary/aromatic N) is 1. The monoisotopic (exact) mass is 540 g/mol. The number of likely N-dealkylation sites (tertiary alicyclic amines) is 1. The van der Waals surface area contributed by atoms with Gasteiger partial charge >= 0.3 is 0 Å². The Morgan fingerprint density at radius 1 is 1.27 bits per heavy atom. The molecule has 0 aliphatic carbocycles. The average Bonchev–Trinajstić information content (AvgIpc) is 3.10. The zero-order chi connectivity index (χ0) is 24.7. The van der Waals surface area contributed by atoms with Crippen LogP contribution in [-0.4, -0.2) is 56.8 Å². The van der Waals surface area contributed by atoms with E-state index in [0.29, 0.717) is 31.5 Å². The number of phenolic OH excluding ortho intramolecular Hbond substituents is 1. The molecule has 0 radical (unpaired) electrons. The molecule has 0 aromatic heterocycles. The van der Waals surface area contributed by atoms with Crippen molar-refractivity contribution >= 4 is 52.1 Å². The summed E-state index contributed by atoms with van der Waals surface area (Å²) in [6, 6.07) is 0.798. The number of phenols is 1. The predicted octanol–water partition coefficient (Wildman–Crippen LogP) is 4.84. The standard InChI is InChI=1S/C22H31Cl3N2O5S/c1-21(2,3)33(30)26-19(16-14(28)10-13(23)17(24)18(16)25)12-6-8-27(9-7-12)20(29)15-11-31-22(4,5)32-15/h10,12,15,19,26,28H,6-9,11H2,1-5H3/t15-,19?,33+/m1/s1. The Bertz CT molecular complexity index is 888. The van der Waals surface area contributed by atoms with Gasteiger partial charge in [0.05, 0.1) is 27.7 Å². The van der Waals surface area contributed by atoms with Gasteiger partial charge in [-0.25, -0.2) is 0 Å². The van der Waals surface area contributed by atoms with E-state index in [4.69, 9.17) is 44.3 Å². The quantitative estimate of drug-likeness (QED) is 0.409. The Morgan fingerprint density at radius 2 is 1.88 bits per heavy atom. The maximum Gasteiger partial charge on any atom is 0.254 e. The number of aromatic hydroxyl groups is 1. The Hall–Kier alpha value is -0.450. The van der Waals surface area contributed by atoms with E-state index in [9.17, 15) is 14.5 Å². The van der Waals surface area contributed by atoms with Crippen molar-refractivity contribution in [3.63, 3.8) is 0 Å². The van der Waals surface area contributed by atoms with Crippen molar-refractivity contribution in [2.24, 2.45) is 5.92 Å². The highest BCUT2D eigenvalue weighted by Crippen LogP contribution is 2.45. The maximum atomic E-state index is 13.0. The summed E-state index contributed by atoms with van der Waals surface area (Å²) in [6.45, 7) is 10.3. The van der Waals surface area contributed by atoms with Crippen LogP contribution in [0.4, 0.5) is 0 Å². The zero-order valence-corrected chi connectivity index (χ0v) is 22.5. The van der Waals surface area contributed by atoms with E-state index in [1.807, 2.05) is 20.8 Å². The van der Waals surface area contributed by atoms with Crippen molar-refractivity contribution in [1.82, 2.24) is 9.62 Å². The minimum atomic E-state index is -1.44. The fourth-order valence-corrected chi connectivity index (χ4v) is 5.65. The van der Waals surface area contributed by atoms with E-state index >= 15 is 0 Å². The molecular formula is C22H31Cl3N2O5S. The van der Waals surface area contributed by atoms with Crippen LogP contribution in [0, 0.1) is 5.92 Å². The highest BCUT2D eigenvalue weighted by molar-refractivity contribution is 7.90. The lowest BCUT2D eigenvalue weighted by Crippen LogP contribution is -2.48. The van der Waals surface area contributed by atoms with Crippen LogP contribution in [0.3, 0.4) is 0 Å². The Balaban J connectivity index is 1.80. The largest absolute Gasteiger partial charge is 0.598 e. The number of ether oxygens (including phenoxy) is 2. The summed E-state index contributed by atoms with van der Waals surface area (Å²) in [5, 5.41) is 11.1. The summed E-state index contributed by atoms with van der Waals surface area (Å²) < 4.78 is 26.8. The molecule has 2 heterocycles. The number of halogens is 3. The molecule has 1 aromatic rings. The van der Waals surface area contributed by atoms with Crippen LogP contribution >= 0.6 is 34.8 Å². The molecule has 0 saturated carbocycles. The lowest BCUT2D eigenvalue weighted by Gasteiger charge is -2.38. The summed E-state index contributed by atoms with van der Waals surface area (Å²) in [5.41, 5.74) is 0.364. The number of carbonyl (C=O) groups excluding carboxylic acids is 1. The van der Waals surface area contributed by atoms with Crippen molar-refractivity contribution in [2.75, 3.05) is 19.7 Å². The van der Waals surface area contributed by atoms with Crippen LogP contribution in [0.15, 0.2) is 6.07 Å². The second-order valence-corrected chi connectivity index (χ2v) is 13.0. The molecule has 0 spiro atoms. The van der Waals surface area contributed by atoms with Crippen LogP contribution in [0.2, 0.25) is 15.1 Å². The minimum Gasteiger partial charge on any atom is -0.598 e. The van der Waals surface area contributed by atoms with Gasteiger partial charge in [0.2, 0.25) is 0 Å². The van der Waals surface area contributed by atoms with Gasteiger partial charge in [-0.2, -0.15) is 0 Å². The zero-order valence-electron chi connectivity index (χ0n) is 19.4. The molecule has 3 atom stereocenters. The van der Waals surface area contributed by atoms with E-state index in [2.05, 4.69) is 4.72 Å². The third-order valence-corrected chi connectivity index (χ3v) is 8.74. The third kappa shape index (κ3) is 6.22. The normalized spacial score (nSPS) is 23.5. The summed E-state index contributed by atoms with van der Waals surface area (Å²) in [4.78, 5) is 14.7. The average molecular weight is 542 g/mol. The van der Waals surface area contributed by atoms with Gasteiger partial charge in [-0.15, -0.1) is 4.72 Å². The van der Waals surface area contributed by atoms with Crippen molar-refractivity contribution in [3.8, 4) is 5.75 Å². The van der Waals surface area contributed by atoms with Crippen molar-refractivity contribution in [2.45, 2.75) is 70.1 Å². The number of nitrogens with one attached hydrogen (secondary N) is 1. The molecule has 2 aliphatic heterocycles. The van der Waals surface area contributed by atoms with Crippen LogP contribution in [0.5, 0.6) is 5.75 Å². The van der Waals surface area contributed by atoms with Gasteiger partial charge in [0.25, 0.3) is 5.91 Å². The summed E-state index contributed by atoms with van der Waals surface area (Å²) in [6.07, 6.45) is 0.600. The molecule has 186 valence electrons. The highest BCUT2D eigenvalue weighted by Gasteiger charge is 2.42. The van der Waals surface area contributed by atoms with Crippen molar-refractivity contribution < 1.29 is 23.9 Å². The first-order valence-electron chi connectivity index (χ1n) is 10.9. The van der Waals surface area contributed by atoms with E-state index in [0.717, 1.165) is 0 Å². The van der Waals surface area contributed by atoms with Crippen molar-refractivity contribution in [3.05, 3.63) is 26.7 Å². The molecule has 2 aliphatic rings. The molecular weight excluding hydrogens is 511 g/mol. The molecule has 11 heteroatoms. The Morgan fingerprint density at radius 3 is 2.39 bits per heavy atom. The van der Waals surface area contributed by atoms with E-state index in [-0.39, 0.29) is 39.2 Å². The topological polar surface area (TPSA) is 94.1 Å². The molecule has 1 unspecified atom stereocenters. The predicted molar refractivity (Wildman–Crippen MR) is 131 cm³/mol. The number of amides is 1. The Labute approximate surface area is 213 Å². The molecule has 0 bridgehead atoms. The number of hydrogen-bond donors (Lipinski definition) is 2. The van der Waals surface area contributed by atoms with Gasteiger partial charge in [-0.05, 0) is 53.4 Å². The summed E-state index contributed by atoms with van der Waals surface area (Å²) in [7, 11) is 0. The SMILES string of the molecule is CC1(C)OC[C@H](C(=O)N2CCC(C(N[S@@+]([O-])C(C)(C)C)c3c(O)cc(Cl)c(Cl)c3Cl)CC2)O1. The van der Waals surface area contributed by atoms with Gasteiger partial charge in [0, 0.05) is 36.1 Å². The van der Waals surface area contributed by atoms with Gasteiger partial charge in [0.15, 0.2) is 11.9 Å². The first kappa shape index (κ1) is 27.1. The van der Waals surface area contributed by atoms with E-state index < -0.39 is 34.0 Å². The van der Waals surface area contributed by atoms with Gasteiger partial charge in [-0.1, -0.05) is 34.8 Å². The fraction of sp³-hybridized carbons (Fsp3) is 0.682. The second kappa shape index (κ2) is 10.3. The van der Waals surface area contributed by atoms with Gasteiger partial charge in [0.1, 0.15) is 10.5 Å². The van der Waals surface area contributed by atoms with Crippen LogP contribution in [0.25, 0.3) is 0 Å². The molecule has 1 amide bonds. The lowest BCUT2D eigenvalue weighted by molar-refractivity contribution is -0.161. The molecule has 3 rings (SSSR count). The van der Waals surface area contributed by atoms with Crippen LogP contribution < -0.4 is 4.72 Å². The van der Waals surface area contributed by atoms with Crippen molar-refractivity contribution in [1.29, 1.82) is 0 Å². The van der Waals surface area contributed by atoms with E-state index in [1.165, 1.54) is 6.07 Å². The molecule has 7 nitrogen and oxygen atoms in total. The van der Waals surface area contributed by atoms with Gasteiger partial charge < -0.3 is 24.0 Å². The number of carbonyl (C=O) groups is 1. The number of rotatable bonds is 5. The lowest BCUT2D eigenvalue weighted by atomic mass is 9.85. The third-order valence-electron chi connectivity index (χ3n) is 5.89. The van der Waals surface area contributed by atoms with Crippen LogP contribution in [-0.2, 0) is 25.6 Å².